The van der Waals surface area contributed by atoms with Crippen LogP contribution in [-0.2, 0) is 0 Å². The van der Waals surface area contributed by atoms with Crippen molar-refractivity contribution in [3.8, 4) is 5.69 Å². The summed E-state index contributed by atoms with van der Waals surface area (Å²) in [6, 6.07) is 6.98. The van der Waals surface area contributed by atoms with Gasteiger partial charge in [-0.05, 0) is 36.4 Å². The zero-order valence-electron chi connectivity index (χ0n) is 12.9. The van der Waals surface area contributed by atoms with Crippen molar-refractivity contribution in [1.82, 2.24) is 9.55 Å². The third-order valence-corrected chi connectivity index (χ3v) is 3.74. The fourth-order valence-corrected chi connectivity index (χ4v) is 2.47. The van der Waals surface area contributed by atoms with E-state index < -0.39 is 23.5 Å². The van der Waals surface area contributed by atoms with Crippen LogP contribution in [0.3, 0.4) is 0 Å². The molecule has 0 aliphatic heterocycles. The third kappa shape index (κ3) is 2.77. The van der Waals surface area contributed by atoms with Gasteiger partial charge in [-0.2, -0.15) is 0 Å². The Morgan fingerprint density at radius 3 is 2.08 bits per heavy atom. The minimum atomic E-state index is -1.34. The molecule has 9 nitrogen and oxygen atoms in total. The van der Waals surface area contributed by atoms with E-state index in [-0.39, 0.29) is 33.3 Å². The zero-order valence-corrected chi connectivity index (χ0v) is 12.9. The molecule has 0 saturated heterocycles. The summed E-state index contributed by atoms with van der Waals surface area (Å²) in [4.78, 5) is 50.3. The molecular weight excluding hydrogens is 344 g/mol. The van der Waals surface area contributed by atoms with Gasteiger partial charge in [-0.15, -0.1) is 0 Å². The van der Waals surface area contributed by atoms with E-state index in [2.05, 4.69) is 4.98 Å². The first-order chi connectivity index (χ1) is 12.3. The van der Waals surface area contributed by atoms with Crippen molar-refractivity contribution in [3.63, 3.8) is 0 Å². The molecular formula is C17H10N2O7. The van der Waals surface area contributed by atoms with Crippen LogP contribution in [0.2, 0.25) is 0 Å². The minimum Gasteiger partial charge on any atom is -0.478 e. The zero-order chi connectivity index (χ0) is 19.0. The summed E-state index contributed by atoms with van der Waals surface area (Å²) in [5.74, 6) is -3.80. The van der Waals surface area contributed by atoms with Crippen molar-refractivity contribution >= 4 is 28.8 Å². The summed E-state index contributed by atoms with van der Waals surface area (Å²) in [6.45, 7) is 0. The van der Waals surface area contributed by atoms with Crippen LogP contribution in [0.4, 0.5) is 0 Å². The highest BCUT2D eigenvalue weighted by Crippen LogP contribution is 2.18. The van der Waals surface area contributed by atoms with E-state index in [1.807, 2.05) is 0 Å². The molecule has 3 aromatic rings. The molecule has 3 N–H and O–H groups in total. The second-order valence-electron chi connectivity index (χ2n) is 5.30. The molecule has 0 atom stereocenters. The molecule has 1 heterocycles. The Hall–Kier alpha value is -4.01. The van der Waals surface area contributed by atoms with Gasteiger partial charge < -0.3 is 15.3 Å². The van der Waals surface area contributed by atoms with Crippen molar-refractivity contribution in [1.29, 1.82) is 0 Å². The Kier molecular flexibility index (Phi) is 3.97. The van der Waals surface area contributed by atoms with Crippen LogP contribution in [0, 0.1) is 0 Å². The molecule has 9 heteroatoms. The predicted molar refractivity (Wildman–Crippen MR) is 88.2 cm³/mol. The van der Waals surface area contributed by atoms with E-state index in [0.29, 0.717) is 0 Å². The quantitative estimate of drug-likeness (QED) is 0.638. The maximum atomic E-state index is 12.7. The SMILES string of the molecule is O=C(O)c1ccc(C(=O)O)c(-n2cnc3cc(C(=O)O)ccc3c2=O)c1. The van der Waals surface area contributed by atoms with Gasteiger partial charge in [-0.3, -0.25) is 9.36 Å². The van der Waals surface area contributed by atoms with E-state index in [0.717, 1.165) is 29.1 Å². The van der Waals surface area contributed by atoms with Crippen LogP contribution < -0.4 is 5.56 Å². The first kappa shape index (κ1) is 16.8. The number of rotatable bonds is 4. The molecule has 1 aromatic heterocycles. The van der Waals surface area contributed by atoms with Gasteiger partial charge in [-0.1, -0.05) is 0 Å². The standard InChI is InChI=1S/C17H10N2O7/c20-14-10-3-1-8(15(21)22)5-12(10)18-7-19(14)13-6-9(16(23)24)2-4-11(13)17(25)26/h1-7H,(H,21,22)(H,23,24)(H,25,26). The van der Waals surface area contributed by atoms with E-state index in [4.69, 9.17) is 10.2 Å². The van der Waals surface area contributed by atoms with Gasteiger partial charge in [0, 0.05) is 0 Å². The topological polar surface area (TPSA) is 147 Å². The summed E-state index contributed by atoms with van der Waals surface area (Å²) in [7, 11) is 0. The third-order valence-electron chi connectivity index (χ3n) is 3.74. The highest BCUT2D eigenvalue weighted by molar-refractivity contribution is 5.96. The van der Waals surface area contributed by atoms with Crippen molar-refractivity contribution in [3.05, 3.63) is 69.8 Å². The molecule has 0 unspecified atom stereocenters. The molecule has 0 fully saturated rings. The van der Waals surface area contributed by atoms with Gasteiger partial charge >= 0.3 is 17.9 Å². The largest absolute Gasteiger partial charge is 0.478 e. The van der Waals surface area contributed by atoms with Gasteiger partial charge in [0.1, 0.15) is 6.33 Å². The molecule has 0 saturated carbocycles. The first-order valence-electron chi connectivity index (χ1n) is 7.15. The number of carboxylic acid groups (broad SMARTS) is 3. The molecule has 2 aromatic carbocycles. The van der Waals surface area contributed by atoms with E-state index in [9.17, 15) is 24.3 Å². The first-order valence-corrected chi connectivity index (χ1v) is 7.15. The molecule has 130 valence electrons. The van der Waals surface area contributed by atoms with Crippen molar-refractivity contribution in [2.24, 2.45) is 0 Å². The smallest absolute Gasteiger partial charge is 0.337 e. The van der Waals surface area contributed by atoms with E-state index >= 15 is 0 Å². The van der Waals surface area contributed by atoms with Crippen LogP contribution in [0.15, 0.2) is 47.5 Å². The van der Waals surface area contributed by atoms with Crippen molar-refractivity contribution in [2.75, 3.05) is 0 Å². The number of aromatic nitrogens is 2. The second-order valence-corrected chi connectivity index (χ2v) is 5.30. The van der Waals surface area contributed by atoms with Crippen molar-refractivity contribution in [2.45, 2.75) is 0 Å². The average Bonchev–Trinajstić information content (AvgIpc) is 2.61. The summed E-state index contributed by atoms with van der Waals surface area (Å²) in [5, 5.41) is 27.5. The molecule has 0 bridgehead atoms. The lowest BCUT2D eigenvalue weighted by molar-refractivity contribution is 0.0681. The Balaban J connectivity index is 2.30. The lowest BCUT2D eigenvalue weighted by atomic mass is 10.1. The molecule has 0 radical (unpaired) electrons. The summed E-state index contributed by atoms with van der Waals surface area (Å²) >= 11 is 0. The minimum absolute atomic E-state index is 0.0544. The van der Waals surface area contributed by atoms with E-state index in [1.54, 1.807) is 0 Å². The number of benzene rings is 2. The number of fused-ring (bicyclic) bond motifs is 1. The van der Waals surface area contributed by atoms with Gasteiger partial charge in [0.05, 0.1) is 33.3 Å². The highest BCUT2D eigenvalue weighted by atomic mass is 16.4. The summed E-state index contributed by atoms with van der Waals surface area (Å²) in [6.07, 6.45) is 1.03. The average molecular weight is 354 g/mol. The monoisotopic (exact) mass is 354 g/mol. The van der Waals surface area contributed by atoms with Crippen LogP contribution >= 0.6 is 0 Å². The Bertz CT molecular complexity index is 1150. The van der Waals surface area contributed by atoms with E-state index in [1.165, 1.54) is 18.2 Å². The molecule has 0 aliphatic carbocycles. The van der Waals surface area contributed by atoms with Crippen LogP contribution in [-0.4, -0.2) is 42.8 Å². The van der Waals surface area contributed by atoms with Crippen molar-refractivity contribution < 1.29 is 29.7 Å². The lowest BCUT2D eigenvalue weighted by Crippen LogP contribution is -2.22. The normalized spacial score (nSPS) is 10.6. The number of carbonyl (C=O) groups is 3. The van der Waals surface area contributed by atoms with Crippen LogP contribution in [0.1, 0.15) is 31.1 Å². The second kappa shape index (κ2) is 6.13. The maximum absolute atomic E-state index is 12.7. The summed E-state index contributed by atoms with van der Waals surface area (Å²) < 4.78 is 0.915. The Labute approximate surface area is 144 Å². The highest BCUT2D eigenvalue weighted by Gasteiger charge is 2.17. The van der Waals surface area contributed by atoms with Crippen LogP contribution in [0.5, 0.6) is 0 Å². The van der Waals surface area contributed by atoms with Gasteiger partial charge in [0.2, 0.25) is 0 Å². The number of aromatic carboxylic acids is 3. The van der Waals surface area contributed by atoms with Gasteiger partial charge in [0.25, 0.3) is 5.56 Å². The number of hydrogen-bond donors (Lipinski definition) is 3. The maximum Gasteiger partial charge on any atom is 0.337 e. The van der Waals surface area contributed by atoms with Gasteiger partial charge in [-0.25, -0.2) is 19.4 Å². The fourth-order valence-electron chi connectivity index (χ4n) is 2.47. The molecule has 0 aliphatic rings. The molecule has 0 amide bonds. The Morgan fingerprint density at radius 1 is 0.846 bits per heavy atom. The predicted octanol–water partition coefficient (Wildman–Crippen LogP) is 1.48. The van der Waals surface area contributed by atoms with Gasteiger partial charge in [0.15, 0.2) is 0 Å². The molecule has 0 spiro atoms. The number of carboxylic acids is 3. The molecule has 3 rings (SSSR count). The molecule has 26 heavy (non-hydrogen) atoms. The fraction of sp³-hybridized carbons (Fsp3) is 0. The van der Waals surface area contributed by atoms with Crippen LogP contribution in [0.25, 0.3) is 16.6 Å². The number of nitrogens with zero attached hydrogens (tertiary/aromatic N) is 2. The summed E-state index contributed by atoms with van der Waals surface area (Å²) in [5.41, 5.74) is -1.21. The lowest BCUT2D eigenvalue weighted by Gasteiger charge is -2.11. The Morgan fingerprint density at radius 2 is 1.46 bits per heavy atom. The number of hydrogen-bond acceptors (Lipinski definition) is 5.